The minimum atomic E-state index is -0.0664. The van der Waals surface area contributed by atoms with Crippen LogP contribution in [-0.4, -0.2) is 49.4 Å². The van der Waals surface area contributed by atoms with E-state index in [2.05, 4.69) is 24.4 Å². The first-order valence-electron chi connectivity index (χ1n) is 9.99. The summed E-state index contributed by atoms with van der Waals surface area (Å²) in [5.74, 6) is -0.0487. The second kappa shape index (κ2) is 10.2. The quantitative estimate of drug-likeness (QED) is 0.715. The van der Waals surface area contributed by atoms with Crippen molar-refractivity contribution in [2.24, 2.45) is 0 Å². The molecule has 1 fully saturated rings. The molecule has 1 aliphatic heterocycles. The highest BCUT2D eigenvalue weighted by atomic mass is 35.5. The SMILES string of the molecule is CCc1ccc(/C=C/C(=O)N2CC[NH+](CC(=O)Nc3ccccc3Cl)CC2)cc1. The summed E-state index contributed by atoms with van der Waals surface area (Å²) in [5, 5.41) is 3.38. The van der Waals surface area contributed by atoms with E-state index >= 15 is 0 Å². The largest absolute Gasteiger partial charge is 0.328 e. The number of para-hydroxylation sites is 1. The summed E-state index contributed by atoms with van der Waals surface area (Å²) < 4.78 is 0. The van der Waals surface area contributed by atoms with Gasteiger partial charge in [-0.25, -0.2) is 0 Å². The fourth-order valence-electron chi connectivity index (χ4n) is 3.34. The minimum absolute atomic E-state index is 0.0177. The smallest absolute Gasteiger partial charge is 0.279 e. The van der Waals surface area contributed by atoms with E-state index in [4.69, 9.17) is 11.6 Å². The summed E-state index contributed by atoms with van der Waals surface area (Å²) in [7, 11) is 0. The van der Waals surface area contributed by atoms with Crippen molar-refractivity contribution in [2.45, 2.75) is 13.3 Å². The average molecular weight is 413 g/mol. The molecule has 2 N–H and O–H groups in total. The van der Waals surface area contributed by atoms with Gasteiger partial charge in [-0.1, -0.05) is 54.9 Å². The van der Waals surface area contributed by atoms with Gasteiger partial charge in [-0.3, -0.25) is 9.59 Å². The van der Waals surface area contributed by atoms with E-state index in [1.54, 1.807) is 18.2 Å². The normalized spacial score (nSPS) is 14.9. The average Bonchev–Trinajstić information content (AvgIpc) is 2.74. The number of carbonyl (C=O) groups excluding carboxylic acids is 2. The Morgan fingerprint density at radius 2 is 1.79 bits per heavy atom. The van der Waals surface area contributed by atoms with Gasteiger partial charge in [0.2, 0.25) is 5.91 Å². The standard InChI is InChI=1S/C23H26ClN3O2/c1-2-18-7-9-19(10-8-18)11-12-23(29)27-15-13-26(14-16-27)17-22(28)25-21-6-4-3-5-20(21)24/h3-12H,2,13-17H2,1H3,(H,25,28)/p+1/b12-11+. The molecule has 0 unspecified atom stereocenters. The Kier molecular flexibility index (Phi) is 7.44. The van der Waals surface area contributed by atoms with Gasteiger partial charge in [0.15, 0.2) is 6.54 Å². The zero-order valence-electron chi connectivity index (χ0n) is 16.7. The summed E-state index contributed by atoms with van der Waals surface area (Å²) >= 11 is 6.08. The van der Waals surface area contributed by atoms with Crippen LogP contribution in [0.5, 0.6) is 0 Å². The predicted octanol–water partition coefficient (Wildman–Crippen LogP) is 2.28. The Labute approximate surface area is 177 Å². The lowest BCUT2D eigenvalue weighted by Crippen LogP contribution is -3.15. The summed E-state index contributed by atoms with van der Waals surface area (Å²) in [5.41, 5.74) is 2.94. The van der Waals surface area contributed by atoms with Crippen LogP contribution in [0, 0.1) is 0 Å². The second-order valence-electron chi connectivity index (χ2n) is 7.21. The van der Waals surface area contributed by atoms with Crippen molar-refractivity contribution in [1.82, 2.24) is 4.90 Å². The Balaban J connectivity index is 1.44. The van der Waals surface area contributed by atoms with Gasteiger partial charge >= 0.3 is 0 Å². The van der Waals surface area contributed by atoms with Crippen LogP contribution in [0.15, 0.2) is 54.6 Å². The molecule has 3 rings (SSSR count). The van der Waals surface area contributed by atoms with Crippen LogP contribution in [0.1, 0.15) is 18.1 Å². The third kappa shape index (κ3) is 6.17. The lowest BCUT2D eigenvalue weighted by atomic mass is 10.1. The van der Waals surface area contributed by atoms with Crippen LogP contribution in [0.25, 0.3) is 6.08 Å². The van der Waals surface area contributed by atoms with Crippen molar-refractivity contribution in [3.63, 3.8) is 0 Å². The van der Waals surface area contributed by atoms with E-state index in [-0.39, 0.29) is 11.8 Å². The van der Waals surface area contributed by atoms with E-state index in [1.807, 2.05) is 35.2 Å². The van der Waals surface area contributed by atoms with E-state index in [1.165, 1.54) is 5.56 Å². The number of quaternary nitrogens is 1. The van der Waals surface area contributed by atoms with Crippen molar-refractivity contribution >= 4 is 35.2 Å². The van der Waals surface area contributed by atoms with Crippen LogP contribution in [0.3, 0.4) is 0 Å². The maximum Gasteiger partial charge on any atom is 0.279 e. The van der Waals surface area contributed by atoms with Crippen LogP contribution in [-0.2, 0) is 16.0 Å². The molecule has 0 spiro atoms. The highest BCUT2D eigenvalue weighted by molar-refractivity contribution is 6.33. The molecule has 0 saturated carbocycles. The van der Waals surface area contributed by atoms with Gasteiger partial charge in [0, 0.05) is 6.08 Å². The van der Waals surface area contributed by atoms with Crippen LogP contribution in [0.4, 0.5) is 5.69 Å². The first kappa shape index (κ1) is 21.1. The molecular weight excluding hydrogens is 386 g/mol. The van der Waals surface area contributed by atoms with Gasteiger partial charge in [0.25, 0.3) is 5.91 Å². The molecule has 2 aromatic carbocycles. The molecule has 0 atom stereocenters. The molecule has 29 heavy (non-hydrogen) atoms. The summed E-state index contributed by atoms with van der Waals surface area (Å²) in [6, 6.07) is 15.4. The van der Waals surface area contributed by atoms with E-state index in [0.717, 1.165) is 30.0 Å². The van der Waals surface area contributed by atoms with Crippen LogP contribution in [0.2, 0.25) is 5.02 Å². The zero-order valence-corrected chi connectivity index (χ0v) is 17.4. The molecule has 1 heterocycles. The number of rotatable bonds is 6. The maximum atomic E-state index is 12.4. The number of hydrogen-bond donors (Lipinski definition) is 2. The van der Waals surface area contributed by atoms with Gasteiger partial charge < -0.3 is 15.1 Å². The van der Waals surface area contributed by atoms with Gasteiger partial charge in [-0.2, -0.15) is 0 Å². The molecular formula is C23H27ClN3O2+. The first-order chi connectivity index (χ1) is 14.0. The van der Waals surface area contributed by atoms with Crippen LogP contribution < -0.4 is 10.2 Å². The number of anilines is 1. The molecule has 2 aromatic rings. The molecule has 0 aliphatic carbocycles. The maximum absolute atomic E-state index is 12.4. The number of benzene rings is 2. The number of piperazine rings is 1. The molecule has 6 heteroatoms. The molecule has 5 nitrogen and oxygen atoms in total. The minimum Gasteiger partial charge on any atom is -0.328 e. The third-order valence-corrected chi connectivity index (χ3v) is 5.48. The second-order valence-corrected chi connectivity index (χ2v) is 7.62. The zero-order chi connectivity index (χ0) is 20.6. The Morgan fingerprint density at radius 3 is 2.45 bits per heavy atom. The topological polar surface area (TPSA) is 53.9 Å². The molecule has 1 saturated heterocycles. The number of hydrogen-bond acceptors (Lipinski definition) is 2. The van der Waals surface area contributed by atoms with Gasteiger partial charge in [0.05, 0.1) is 36.9 Å². The number of halogens is 1. The monoisotopic (exact) mass is 412 g/mol. The molecule has 0 aromatic heterocycles. The number of carbonyl (C=O) groups is 2. The fourth-order valence-corrected chi connectivity index (χ4v) is 3.52. The fraction of sp³-hybridized carbons (Fsp3) is 0.304. The number of amides is 2. The van der Waals surface area contributed by atoms with Gasteiger partial charge in [-0.15, -0.1) is 0 Å². The molecule has 0 bridgehead atoms. The van der Waals surface area contributed by atoms with Crippen molar-refractivity contribution in [3.05, 3.63) is 70.8 Å². The highest BCUT2D eigenvalue weighted by Gasteiger charge is 2.24. The number of aryl methyl sites for hydroxylation is 1. The number of nitrogens with one attached hydrogen (secondary N) is 2. The van der Waals surface area contributed by atoms with E-state index in [9.17, 15) is 9.59 Å². The number of nitrogens with zero attached hydrogens (tertiary/aromatic N) is 1. The third-order valence-electron chi connectivity index (χ3n) is 5.15. The van der Waals surface area contributed by atoms with Crippen LogP contribution >= 0.6 is 11.6 Å². The summed E-state index contributed by atoms with van der Waals surface area (Å²) in [6.45, 7) is 5.28. The van der Waals surface area contributed by atoms with Gasteiger partial charge in [-0.05, 0) is 35.8 Å². The lowest BCUT2D eigenvalue weighted by molar-refractivity contribution is -0.895. The Morgan fingerprint density at radius 1 is 1.10 bits per heavy atom. The molecule has 2 amide bonds. The summed E-state index contributed by atoms with van der Waals surface area (Å²) in [4.78, 5) is 27.7. The Hall–Kier alpha value is -2.63. The van der Waals surface area contributed by atoms with Crippen molar-refractivity contribution < 1.29 is 14.5 Å². The molecule has 1 aliphatic rings. The van der Waals surface area contributed by atoms with Crippen molar-refractivity contribution in [3.8, 4) is 0 Å². The Bertz CT molecular complexity index is 872. The predicted molar refractivity (Wildman–Crippen MR) is 117 cm³/mol. The summed E-state index contributed by atoms with van der Waals surface area (Å²) in [6.07, 6.45) is 4.50. The molecule has 0 radical (unpaired) electrons. The lowest BCUT2D eigenvalue weighted by Gasteiger charge is -2.31. The van der Waals surface area contributed by atoms with E-state index < -0.39 is 0 Å². The van der Waals surface area contributed by atoms with Gasteiger partial charge in [0.1, 0.15) is 0 Å². The molecule has 152 valence electrons. The first-order valence-corrected chi connectivity index (χ1v) is 10.4. The highest BCUT2D eigenvalue weighted by Crippen LogP contribution is 2.19. The van der Waals surface area contributed by atoms with E-state index in [0.29, 0.717) is 30.3 Å². The van der Waals surface area contributed by atoms with Crippen molar-refractivity contribution in [1.29, 1.82) is 0 Å². The van der Waals surface area contributed by atoms with Crippen molar-refractivity contribution in [2.75, 3.05) is 38.0 Å².